The fraction of sp³-hybridized carbons (Fsp3) is 0.333. The summed E-state index contributed by atoms with van der Waals surface area (Å²) in [4.78, 5) is 24.4. The van der Waals surface area contributed by atoms with Crippen molar-refractivity contribution in [3.8, 4) is 0 Å². The number of carbonyl (C=O) groups is 2. The minimum Gasteiger partial charge on any atom is -0.480 e. The largest absolute Gasteiger partial charge is 0.480 e. The summed E-state index contributed by atoms with van der Waals surface area (Å²) in [5, 5.41) is 12.1. The maximum atomic E-state index is 12.1. The van der Waals surface area contributed by atoms with Crippen LogP contribution < -0.4 is 5.32 Å². The van der Waals surface area contributed by atoms with E-state index in [1.54, 1.807) is 18.2 Å². The third-order valence-electron chi connectivity index (χ3n) is 2.97. The second-order valence-electron chi connectivity index (χ2n) is 4.24. The molecular formula is C12H12BrClN2O3. The predicted octanol–water partition coefficient (Wildman–Crippen LogP) is 3.18. The van der Waals surface area contributed by atoms with Gasteiger partial charge in [-0.3, -0.25) is 0 Å². The highest BCUT2D eigenvalue weighted by Crippen LogP contribution is 2.27. The number of hydrogen-bond acceptors (Lipinski definition) is 2. The minimum atomic E-state index is -0.979. The summed E-state index contributed by atoms with van der Waals surface area (Å²) >= 11 is 9.26. The molecule has 2 N–H and O–H groups in total. The molecular weight excluding hydrogens is 336 g/mol. The lowest BCUT2D eigenvalue weighted by atomic mass is 10.2. The maximum absolute atomic E-state index is 12.1. The van der Waals surface area contributed by atoms with E-state index in [0.717, 1.165) is 4.47 Å². The van der Waals surface area contributed by atoms with E-state index in [-0.39, 0.29) is 0 Å². The molecule has 2 amide bonds. The van der Waals surface area contributed by atoms with E-state index in [1.807, 2.05) is 0 Å². The Morgan fingerprint density at radius 1 is 1.47 bits per heavy atom. The van der Waals surface area contributed by atoms with E-state index in [0.29, 0.717) is 30.1 Å². The van der Waals surface area contributed by atoms with Crippen molar-refractivity contribution in [1.29, 1.82) is 0 Å². The Labute approximate surface area is 123 Å². The first-order valence-corrected chi connectivity index (χ1v) is 6.91. The fourth-order valence-corrected chi connectivity index (χ4v) is 2.57. The number of carbonyl (C=O) groups excluding carboxylic acids is 1. The van der Waals surface area contributed by atoms with Crippen LogP contribution in [0.25, 0.3) is 0 Å². The monoisotopic (exact) mass is 346 g/mol. The highest BCUT2D eigenvalue weighted by Gasteiger charge is 2.34. The molecule has 0 spiro atoms. The van der Waals surface area contributed by atoms with Crippen molar-refractivity contribution in [2.24, 2.45) is 0 Å². The molecule has 0 saturated carbocycles. The molecule has 1 atom stereocenters. The van der Waals surface area contributed by atoms with E-state index in [9.17, 15) is 9.59 Å². The van der Waals surface area contributed by atoms with Gasteiger partial charge in [-0.15, -0.1) is 0 Å². The van der Waals surface area contributed by atoms with Crippen LogP contribution in [0.5, 0.6) is 0 Å². The summed E-state index contributed by atoms with van der Waals surface area (Å²) in [6.45, 7) is 0.439. The lowest BCUT2D eigenvalue weighted by molar-refractivity contribution is -0.141. The molecule has 2 rings (SSSR count). The topological polar surface area (TPSA) is 69.6 Å². The van der Waals surface area contributed by atoms with Crippen molar-refractivity contribution in [3.05, 3.63) is 27.7 Å². The van der Waals surface area contributed by atoms with Gasteiger partial charge < -0.3 is 15.3 Å². The van der Waals surface area contributed by atoms with Crippen LogP contribution in [0.4, 0.5) is 10.5 Å². The van der Waals surface area contributed by atoms with Crippen molar-refractivity contribution in [3.63, 3.8) is 0 Å². The Morgan fingerprint density at radius 3 is 2.89 bits per heavy atom. The Kier molecular flexibility index (Phi) is 4.31. The number of carboxylic acids is 1. The van der Waals surface area contributed by atoms with Crippen LogP contribution in [-0.4, -0.2) is 34.6 Å². The van der Waals surface area contributed by atoms with Crippen molar-refractivity contribution >= 4 is 45.2 Å². The molecule has 1 saturated heterocycles. The minimum absolute atomic E-state index is 0.405. The molecule has 7 heteroatoms. The van der Waals surface area contributed by atoms with Gasteiger partial charge in [0.25, 0.3) is 0 Å². The van der Waals surface area contributed by atoms with Crippen molar-refractivity contribution in [1.82, 2.24) is 4.90 Å². The summed E-state index contributed by atoms with van der Waals surface area (Å²) in [5.41, 5.74) is 0.456. The second-order valence-corrected chi connectivity index (χ2v) is 5.57. The van der Waals surface area contributed by atoms with E-state index in [4.69, 9.17) is 16.7 Å². The van der Waals surface area contributed by atoms with Gasteiger partial charge in [-0.1, -0.05) is 27.5 Å². The van der Waals surface area contributed by atoms with Crippen LogP contribution in [0.15, 0.2) is 22.7 Å². The number of hydrogen-bond donors (Lipinski definition) is 2. The highest BCUT2D eigenvalue weighted by molar-refractivity contribution is 9.10. The zero-order valence-corrected chi connectivity index (χ0v) is 12.2. The van der Waals surface area contributed by atoms with Gasteiger partial charge in [-0.05, 0) is 31.0 Å². The number of nitrogens with zero attached hydrogens (tertiary/aromatic N) is 1. The summed E-state index contributed by atoms with van der Waals surface area (Å²) in [6, 6.07) is 3.88. The number of anilines is 1. The second kappa shape index (κ2) is 5.79. The fourth-order valence-electron chi connectivity index (χ4n) is 2.05. The van der Waals surface area contributed by atoms with Gasteiger partial charge in [0.1, 0.15) is 6.04 Å². The molecule has 1 fully saturated rings. The standard InChI is InChI=1S/C12H12BrClN2O3/c13-7-3-4-8(14)9(6-7)15-12(19)16-5-1-2-10(16)11(17)18/h3-4,6,10H,1-2,5H2,(H,15,19)(H,17,18). The average molecular weight is 348 g/mol. The van der Waals surface area contributed by atoms with Gasteiger partial charge in [0.2, 0.25) is 0 Å². The van der Waals surface area contributed by atoms with E-state index >= 15 is 0 Å². The first-order chi connectivity index (χ1) is 8.99. The van der Waals surface area contributed by atoms with Crippen LogP contribution in [0.2, 0.25) is 5.02 Å². The van der Waals surface area contributed by atoms with Crippen molar-refractivity contribution < 1.29 is 14.7 Å². The Morgan fingerprint density at radius 2 is 2.21 bits per heavy atom. The molecule has 1 aliphatic rings. The van der Waals surface area contributed by atoms with Gasteiger partial charge >= 0.3 is 12.0 Å². The smallest absolute Gasteiger partial charge is 0.326 e. The molecule has 0 radical (unpaired) electrons. The summed E-state index contributed by atoms with van der Waals surface area (Å²) < 4.78 is 0.781. The normalized spacial score (nSPS) is 18.4. The summed E-state index contributed by atoms with van der Waals surface area (Å²) in [6.07, 6.45) is 1.17. The van der Waals surface area contributed by atoms with Crippen molar-refractivity contribution in [2.45, 2.75) is 18.9 Å². The molecule has 1 aliphatic heterocycles. The van der Waals surface area contributed by atoms with Gasteiger partial charge in [0.15, 0.2) is 0 Å². The molecule has 19 heavy (non-hydrogen) atoms. The molecule has 1 heterocycles. The summed E-state index contributed by atoms with van der Waals surface area (Å²) in [5.74, 6) is -0.979. The van der Waals surface area contributed by atoms with Gasteiger partial charge in [-0.2, -0.15) is 0 Å². The molecule has 1 aromatic carbocycles. The van der Waals surface area contributed by atoms with E-state index in [2.05, 4.69) is 21.2 Å². The highest BCUT2D eigenvalue weighted by atomic mass is 79.9. The molecule has 0 aromatic heterocycles. The number of aliphatic carboxylic acids is 1. The lowest BCUT2D eigenvalue weighted by Gasteiger charge is -2.22. The number of nitrogens with one attached hydrogen (secondary N) is 1. The number of halogens is 2. The lowest BCUT2D eigenvalue weighted by Crippen LogP contribution is -2.42. The first kappa shape index (κ1) is 14.1. The third-order valence-corrected chi connectivity index (χ3v) is 3.79. The zero-order chi connectivity index (χ0) is 14.0. The van der Waals surface area contributed by atoms with E-state index in [1.165, 1.54) is 4.90 Å². The SMILES string of the molecule is O=C(O)C1CCCN1C(=O)Nc1cc(Br)ccc1Cl. The van der Waals surface area contributed by atoms with Gasteiger partial charge in [0.05, 0.1) is 10.7 Å². The van der Waals surface area contributed by atoms with Gasteiger partial charge in [-0.25, -0.2) is 9.59 Å². The number of likely N-dealkylation sites (tertiary alicyclic amines) is 1. The Balaban J connectivity index is 2.12. The van der Waals surface area contributed by atoms with Crippen LogP contribution in [-0.2, 0) is 4.79 Å². The maximum Gasteiger partial charge on any atom is 0.326 e. The number of rotatable bonds is 2. The Hall–Kier alpha value is -1.27. The Bertz CT molecular complexity index is 524. The predicted molar refractivity (Wildman–Crippen MR) is 75.5 cm³/mol. The van der Waals surface area contributed by atoms with E-state index < -0.39 is 18.0 Å². The summed E-state index contributed by atoms with van der Waals surface area (Å²) in [7, 11) is 0. The quantitative estimate of drug-likeness (QED) is 0.863. The average Bonchev–Trinajstić information content (AvgIpc) is 2.83. The molecule has 0 aliphatic carbocycles. The third kappa shape index (κ3) is 3.19. The van der Waals surface area contributed by atoms with Crippen LogP contribution >= 0.6 is 27.5 Å². The molecule has 0 bridgehead atoms. The van der Waals surface area contributed by atoms with Crippen LogP contribution in [0.3, 0.4) is 0 Å². The molecule has 102 valence electrons. The van der Waals surface area contributed by atoms with Crippen molar-refractivity contribution in [2.75, 3.05) is 11.9 Å². The molecule has 1 unspecified atom stereocenters. The van der Waals surface area contributed by atoms with Crippen LogP contribution in [0.1, 0.15) is 12.8 Å². The number of carboxylic acid groups (broad SMARTS) is 1. The number of benzene rings is 1. The number of amides is 2. The van der Waals surface area contributed by atoms with Crippen LogP contribution in [0, 0.1) is 0 Å². The molecule has 5 nitrogen and oxygen atoms in total. The zero-order valence-electron chi connectivity index (χ0n) is 9.90. The van der Waals surface area contributed by atoms with Gasteiger partial charge in [0, 0.05) is 11.0 Å². The molecule has 1 aromatic rings. The first-order valence-electron chi connectivity index (χ1n) is 5.74. The number of urea groups is 1.